The second-order valence-corrected chi connectivity index (χ2v) is 4.64. The van der Waals surface area contributed by atoms with Crippen LogP contribution in [-0.2, 0) is 0 Å². The van der Waals surface area contributed by atoms with Crippen LogP contribution in [0.1, 0.15) is 32.6 Å². The number of nitrogens with zero attached hydrogens (tertiary/aromatic N) is 1. The molecule has 1 aromatic carbocycles. The molecule has 3 nitrogen and oxygen atoms in total. The van der Waals surface area contributed by atoms with Crippen LogP contribution < -0.4 is 9.47 Å². The van der Waals surface area contributed by atoms with E-state index in [1.165, 1.54) is 0 Å². The zero-order valence-electron chi connectivity index (χ0n) is 10.8. The molecule has 0 spiro atoms. The van der Waals surface area contributed by atoms with Crippen molar-refractivity contribution in [3.8, 4) is 17.6 Å². The minimum atomic E-state index is 0.0426. The topological polar surface area (TPSA) is 42.2 Å². The van der Waals surface area contributed by atoms with Gasteiger partial charge in [-0.05, 0) is 49.9 Å². The Kier molecular flexibility index (Phi) is 4.46. The first kappa shape index (κ1) is 12.8. The van der Waals surface area contributed by atoms with Crippen molar-refractivity contribution in [2.24, 2.45) is 5.92 Å². The van der Waals surface area contributed by atoms with E-state index in [9.17, 15) is 0 Å². The van der Waals surface area contributed by atoms with Crippen LogP contribution in [0.25, 0.3) is 0 Å². The smallest absolute Gasteiger partial charge is 0.120 e. The molecule has 2 atom stereocenters. The van der Waals surface area contributed by atoms with Gasteiger partial charge in [-0.25, -0.2) is 0 Å². The van der Waals surface area contributed by atoms with Crippen molar-refractivity contribution >= 4 is 0 Å². The van der Waals surface area contributed by atoms with Crippen LogP contribution in [0.4, 0.5) is 0 Å². The summed E-state index contributed by atoms with van der Waals surface area (Å²) >= 11 is 0. The number of rotatable bonds is 5. The summed E-state index contributed by atoms with van der Waals surface area (Å²) in [5.41, 5.74) is 0. The zero-order valence-corrected chi connectivity index (χ0v) is 10.8. The van der Waals surface area contributed by atoms with Gasteiger partial charge in [-0.15, -0.1) is 0 Å². The Labute approximate surface area is 108 Å². The minimum absolute atomic E-state index is 0.0426. The number of ether oxygens (including phenoxy) is 2. The molecule has 0 aromatic heterocycles. The maximum Gasteiger partial charge on any atom is 0.120 e. The SMILES string of the molecule is CCCOc1ccc(OC2CCCC2C#N)cc1. The van der Waals surface area contributed by atoms with Crippen LogP contribution in [0.5, 0.6) is 11.5 Å². The summed E-state index contributed by atoms with van der Waals surface area (Å²) in [6.07, 6.45) is 4.08. The first-order chi connectivity index (χ1) is 8.83. The molecule has 3 heteroatoms. The molecule has 1 aromatic rings. The molecule has 1 fully saturated rings. The molecule has 0 heterocycles. The molecule has 1 aliphatic carbocycles. The lowest BCUT2D eigenvalue weighted by atomic mass is 10.1. The van der Waals surface area contributed by atoms with Crippen molar-refractivity contribution in [3.05, 3.63) is 24.3 Å². The molecular formula is C15H19NO2. The minimum Gasteiger partial charge on any atom is -0.494 e. The van der Waals surface area contributed by atoms with Crippen molar-refractivity contribution in [2.75, 3.05) is 6.61 Å². The van der Waals surface area contributed by atoms with Crippen molar-refractivity contribution in [3.63, 3.8) is 0 Å². The zero-order chi connectivity index (χ0) is 12.8. The molecule has 1 aliphatic rings. The summed E-state index contributed by atoms with van der Waals surface area (Å²) in [6.45, 7) is 2.82. The van der Waals surface area contributed by atoms with Crippen LogP contribution in [0.15, 0.2) is 24.3 Å². The van der Waals surface area contributed by atoms with Gasteiger partial charge in [-0.1, -0.05) is 6.92 Å². The lowest BCUT2D eigenvalue weighted by Crippen LogP contribution is -2.19. The Bertz CT molecular complexity index is 407. The number of nitriles is 1. The molecule has 0 bridgehead atoms. The van der Waals surface area contributed by atoms with Crippen LogP contribution >= 0.6 is 0 Å². The normalized spacial score (nSPS) is 22.4. The maximum absolute atomic E-state index is 9.01. The van der Waals surface area contributed by atoms with Gasteiger partial charge in [-0.2, -0.15) is 5.26 Å². The first-order valence-corrected chi connectivity index (χ1v) is 6.62. The van der Waals surface area contributed by atoms with Crippen LogP contribution in [0, 0.1) is 17.2 Å². The van der Waals surface area contributed by atoms with Gasteiger partial charge in [0.25, 0.3) is 0 Å². The molecule has 0 saturated heterocycles. The standard InChI is InChI=1S/C15H19NO2/c1-2-10-17-13-6-8-14(9-7-13)18-15-5-3-4-12(15)11-16/h6-9,12,15H,2-5,10H2,1H3. The molecule has 1 saturated carbocycles. The van der Waals surface area contributed by atoms with E-state index in [1.807, 2.05) is 24.3 Å². The average Bonchev–Trinajstić information content (AvgIpc) is 2.85. The summed E-state index contributed by atoms with van der Waals surface area (Å²) in [7, 11) is 0. The quantitative estimate of drug-likeness (QED) is 0.796. The molecule has 96 valence electrons. The van der Waals surface area contributed by atoms with Gasteiger partial charge in [-0.3, -0.25) is 0 Å². The third-order valence-electron chi connectivity index (χ3n) is 3.20. The third kappa shape index (κ3) is 3.16. The van der Waals surface area contributed by atoms with E-state index in [-0.39, 0.29) is 12.0 Å². The number of hydrogen-bond donors (Lipinski definition) is 0. The van der Waals surface area contributed by atoms with E-state index in [2.05, 4.69) is 13.0 Å². The lowest BCUT2D eigenvalue weighted by molar-refractivity contribution is 0.182. The molecule has 18 heavy (non-hydrogen) atoms. The van der Waals surface area contributed by atoms with Crippen molar-refractivity contribution < 1.29 is 9.47 Å². The molecule has 0 aliphatic heterocycles. The van der Waals surface area contributed by atoms with Gasteiger partial charge in [0.1, 0.15) is 17.6 Å². The highest BCUT2D eigenvalue weighted by Gasteiger charge is 2.28. The van der Waals surface area contributed by atoms with Crippen molar-refractivity contribution in [1.29, 1.82) is 5.26 Å². The maximum atomic E-state index is 9.01. The van der Waals surface area contributed by atoms with Crippen LogP contribution in [0.3, 0.4) is 0 Å². The van der Waals surface area contributed by atoms with Crippen molar-refractivity contribution in [1.82, 2.24) is 0 Å². The Morgan fingerprint density at radius 2 is 1.94 bits per heavy atom. The van der Waals surface area contributed by atoms with Crippen LogP contribution in [-0.4, -0.2) is 12.7 Å². The number of benzene rings is 1. The summed E-state index contributed by atoms with van der Waals surface area (Å²) in [5, 5.41) is 9.01. The Hall–Kier alpha value is -1.69. The van der Waals surface area contributed by atoms with E-state index in [0.29, 0.717) is 0 Å². The van der Waals surface area contributed by atoms with Gasteiger partial charge < -0.3 is 9.47 Å². The molecule has 0 amide bonds. The Morgan fingerprint density at radius 1 is 1.22 bits per heavy atom. The Morgan fingerprint density at radius 3 is 2.61 bits per heavy atom. The molecule has 2 unspecified atom stereocenters. The van der Waals surface area contributed by atoms with Crippen LogP contribution in [0.2, 0.25) is 0 Å². The van der Waals surface area contributed by atoms with Gasteiger partial charge in [0.15, 0.2) is 0 Å². The summed E-state index contributed by atoms with van der Waals surface area (Å²) in [5.74, 6) is 1.74. The Balaban J connectivity index is 1.92. The summed E-state index contributed by atoms with van der Waals surface area (Å²) in [4.78, 5) is 0. The van der Waals surface area contributed by atoms with Gasteiger partial charge in [0, 0.05) is 0 Å². The third-order valence-corrected chi connectivity index (χ3v) is 3.20. The van der Waals surface area contributed by atoms with Gasteiger partial charge in [0.2, 0.25) is 0 Å². The molecular weight excluding hydrogens is 226 g/mol. The highest BCUT2D eigenvalue weighted by molar-refractivity contribution is 5.31. The van der Waals surface area contributed by atoms with Gasteiger partial charge >= 0.3 is 0 Å². The summed E-state index contributed by atoms with van der Waals surface area (Å²) < 4.78 is 11.4. The lowest BCUT2D eigenvalue weighted by Gasteiger charge is -2.16. The fourth-order valence-electron chi connectivity index (χ4n) is 2.22. The largest absolute Gasteiger partial charge is 0.494 e. The predicted octanol–water partition coefficient (Wildman–Crippen LogP) is 3.55. The van der Waals surface area contributed by atoms with E-state index in [4.69, 9.17) is 14.7 Å². The van der Waals surface area contributed by atoms with E-state index >= 15 is 0 Å². The highest BCUT2D eigenvalue weighted by Crippen LogP contribution is 2.29. The fourth-order valence-corrected chi connectivity index (χ4v) is 2.22. The molecule has 0 N–H and O–H groups in total. The van der Waals surface area contributed by atoms with E-state index < -0.39 is 0 Å². The number of hydrogen-bond acceptors (Lipinski definition) is 3. The van der Waals surface area contributed by atoms with E-state index in [1.54, 1.807) is 0 Å². The fraction of sp³-hybridized carbons (Fsp3) is 0.533. The average molecular weight is 245 g/mol. The second kappa shape index (κ2) is 6.30. The molecule has 2 rings (SSSR count). The monoisotopic (exact) mass is 245 g/mol. The predicted molar refractivity (Wildman–Crippen MR) is 69.6 cm³/mol. The summed E-state index contributed by atoms with van der Waals surface area (Å²) in [6, 6.07) is 9.99. The van der Waals surface area contributed by atoms with Crippen molar-refractivity contribution in [2.45, 2.75) is 38.7 Å². The van der Waals surface area contributed by atoms with E-state index in [0.717, 1.165) is 43.8 Å². The molecule has 0 radical (unpaired) electrons. The highest BCUT2D eigenvalue weighted by atomic mass is 16.5. The van der Waals surface area contributed by atoms with Gasteiger partial charge in [0.05, 0.1) is 18.6 Å². The second-order valence-electron chi connectivity index (χ2n) is 4.64. The first-order valence-electron chi connectivity index (χ1n) is 6.62.